The van der Waals surface area contributed by atoms with Gasteiger partial charge < -0.3 is 4.74 Å². The molecule has 0 aromatic heterocycles. The summed E-state index contributed by atoms with van der Waals surface area (Å²) < 4.78 is 5.52. The second-order valence-corrected chi connectivity index (χ2v) is 4.67. The molecule has 0 atom stereocenters. The van der Waals surface area contributed by atoms with Crippen molar-refractivity contribution in [2.45, 2.75) is 6.92 Å². The van der Waals surface area contributed by atoms with E-state index in [0.717, 1.165) is 5.75 Å². The minimum absolute atomic E-state index is 0.942. The molecule has 0 aliphatic rings. The molecule has 3 aromatic rings. The molecule has 0 radical (unpaired) electrons. The number of benzene rings is 3. The zero-order chi connectivity index (χ0) is 13.2. The van der Waals surface area contributed by atoms with Crippen LogP contribution < -0.4 is 4.74 Å². The molecule has 0 saturated heterocycles. The summed E-state index contributed by atoms with van der Waals surface area (Å²) in [6.45, 7) is 2.12. The summed E-state index contributed by atoms with van der Waals surface area (Å²) in [4.78, 5) is 0. The highest BCUT2D eigenvalue weighted by Gasteiger charge is 2.11. The molecule has 3 aromatic carbocycles. The lowest BCUT2D eigenvalue weighted by Crippen LogP contribution is -1.92. The van der Waals surface area contributed by atoms with Gasteiger partial charge in [0.15, 0.2) is 0 Å². The summed E-state index contributed by atoms with van der Waals surface area (Å²) in [6.07, 6.45) is 0. The van der Waals surface area contributed by atoms with E-state index in [1.165, 1.54) is 27.5 Å². The Morgan fingerprint density at radius 3 is 2.26 bits per heavy atom. The second kappa shape index (κ2) is 4.77. The molecule has 1 heteroatoms. The van der Waals surface area contributed by atoms with E-state index in [2.05, 4.69) is 61.5 Å². The number of hydrogen-bond donors (Lipinski definition) is 0. The van der Waals surface area contributed by atoms with E-state index in [9.17, 15) is 0 Å². The monoisotopic (exact) mass is 248 g/mol. The van der Waals surface area contributed by atoms with Gasteiger partial charge in [0.05, 0.1) is 7.11 Å². The molecular weight excluding hydrogens is 232 g/mol. The van der Waals surface area contributed by atoms with E-state index in [1.54, 1.807) is 7.11 Å². The van der Waals surface area contributed by atoms with Crippen molar-refractivity contribution in [3.63, 3.8) is 0 Å². The fourth-order valence-corrected chi connectivity index (χ4v) is 2.61. The van der Waals surface area contributed by atoms with Crippen LogP contribution in [0.4, 0.5) is 0 Å². The van der Waals surface area contributed by atoms with Gasteiger partial charge in [0.25, 0.3) is 0 Å². The lowest BCUT2D eigenvalue weighted by Gasteiger charge is -2.14. The van der Waals surface area contributed by atoms with Crippen LogP contribution >= 0.6 is 0 Å². The lowest BCUT2D eigenvalue weighted by atomic mass is 9.93. The molecule has 1 nitrogen and oxygen atoms in total. The Labute approximate surface area is 113 Å². The third-order valence-corrected chi connectivity index (χ3v) is 3.54. The molecule has 0 amide bonds. The normalized spacial score (nSPS) is 10.6. The second-order valence-electron chi connectivity index (χ2n) is 4.67. The molecule has 94 valence electrons. The number of rotatable bonds is 2. The maximum absolute atomic E-state index is 5.52. The third kappa shape index (κ3) is 1.97. The van der Waals surface area contributed by atoms with Crippen molar-refractivity contribution in [2.75, 3.05) is 7.11 Å². The number of methoxy groups -OCH3 is 1. The van der Waals surface area contributed by atoms with E-state index >= 15 is 0 Å². The Bertz CT molecular complexity index is 714. The SMILES string of the molecule is COc1cc2ccccc2c(-c2ccccc2)c1C. The highest BCUT2D eigenvalue weighted by molar-refractivity contribution is 5.99. The molecule has 19 heavy (non-hydrogen) atoms. The van der Waals surface area contributed by atoms with Gasteiger partial charge in [-0.1, -0.05) is 54.6 Å². The van der Waals surface area contributed by atoms with Gasteiger partial charge in [-0.05, 0) is 40.5 Å². The molecule has 0 N–H and O–H groups in total. The maximum atomic E-state index is 5.52. The van der Waals surface area contributed by atoms with Gasteiger partial charge in [0.2, 0.25) is 0 Å². The van der Waals surface area contributed by atoms with Crippen molar-refractivity contribution < 1.29 is 4.74 Å². The average molecular weight is 248 g/mol. The molecule has 0 unspecified atom stereocenters. The summed E-state index contributed by atoms with van der Waals surface area (Å²) in [5.41, 5.74) is 3.68. The van der Waals surface area contributed by atoms with Gasteiger partial charge in [0, 0.05) is 0 Å². The van der Waals surface area contributed by atoms with Crippen LogP contribution in [-0.4, -0.2) is 7.11 Å². The van der Waals surface area contributed by atoms with E-state index < -0.39 is 0 Å². The number of hydrogen-bond acceptors (Lipinski definition) is 1. The molecule has 0 heterocycles. The van der Waals surface area contributed by atoms with Gasteiger partial charge in [-0.2, -0.15) is 0 Å². The molecule has 0 aliphatic heterocycles. The Kier molecular flexibility index (Phi) is 2.96. The largest absolute Gasteiger partial charge is 0.496 e. The van der Waals surface area contributed by atoms with Gasteiger partial charge in [-0.15, -0.1) is 0 Å². The summed E-state index contributed by atoms with van der Waals surface area (Å²) in [7, 11) is 1.73. The summed E-state index contributed by atoms with van der Waals surface area (Å²) in [5.74, 6) is 0.942. The van der Waals surface area contributed by atoms with Crippen molar-refractivity contribution in [3.05, 3.63) is 66.2 Å². The minimum atomic E-state index is 0.942. The fourth-order valence-electron chi connectivity index (χ4n) is 2.61. The van der Waals surface area contributed by atoms with Crippen molar-refractivity contribution in [1.29, 1.82) is 0 Å². The van der Waals surface area contributed by atoms with Crippen LogP contribution in [0.25, 0.3) is 21.9 Å². The smallest absolute Gasteiger partial charge is 0.123 e. The zero-order valence-electron chi connectivity index (χ0n) is 11.2. The van der Waals surface area contributed by atoms with Crippen LogP contribution in [0.3, 0.4) is 0 Å². The summed E-state index contributed by atoms with van der Waals surface area (Å²) >= 11 is 0. The van der Waals surface area contributed by atoms with Crippen molar-refractivity contribution in [2.24, 2.45) is 0 Å². The van der Waals surface area contributed by atoms with E-state index in [4.69, 9.17) is 4.74 Å². The first-order chi connectivity index (χ1) is 9.31. The van der Waals surface area contributed by atoms with E-state index in [-0.39, 0.29) is 0 Å². The predicted octanol–water partition coefficient (Wildman–Crippen LogP) is 4.82. The highest BCUT2D eigenvalue weighted by Crippen LogP contribution is 2.37. The molecular formula is C18H16O. The summed E-state index contributed by atoms with van der Waals surface area (Å²) in [5, 5.41) is 2.48. The van der Waals surface area contributed by atoms with Crippen LogP contribution in [0.2, 0.25) is 0 Å². The van der Waals surface area contributed by atoms with Crippen LogP contribution in [0.1, 0.15) is 5.56 Å². The fraction of sp³-hybridized carbons (Fsp3) is 0.111. The Hall–Kier alpha value is -2.28. The van der Waals surface area contributed by atoms with Crippen LogP contribution in [0, 0.1) is 6.92 Å². The Balaban J connectivity index is 2.41. The van der Waals surface area contributed by atoms with Crippen molar-refractivity contribution in [1.82, 2.24) is 0 Å². The molecule has 0 bridgehead atoms. The zero-order valence-corrected chi connectivity index (χ0v) is 11.2. The summed E-state index contributed by atoms with van der Waals surface area (Å²) in [6, 6.07) is 21.0. The minimum Gasteiger partial charge on any atom is -0.496 e. The van der Waals surface area contributed by atoms with Crippen molar-refractivity contribution >= 4 is 10.8 Å². The molecule has 3 rings (SSSR count). The van der Waals surface area contributed by atoms with Gasteiger partial charge >= 0.3 is 0 Å². The molecule has 0 aliphatic carbocycles. The lowest BCUT2D eigenvalue weighted by molar-refractivity contribution is 0.412. The quantitative estimate of drug-likeness (QED) is 0.631. The average Bonchev–Trinajstić information content (AvgIpc) is 2.47. The first kappa shape index (κ1) is 11.8. The third-order valence-electron chi connectivity index (χ3n) is 3.54. The highest BCUT2D eigenvalue weighted by atomic mass is 16.5. The van der Waals surface area contributed by atoms with Gasteiger partial charge in [-0.25, -0.2) is 0 Å². The van der Waals surface area contributed by atoms with Gasteiger partial charge in [-0.3, -0.25) is 0 Å². The van der Waals surface area contributed by atoms with Crippen LogP contribution in [0.5, 0.6) is 5.75 Å². The Morgan fingerprint density at radius 2 is 1.53 bits per heavy atom. The standard InChI is InChI=1S/C18H16O/c1-13-17(19-2)12-15-10-6-7-11-16(15)18(13)14-8-4-3-5-9-14/h3-12H,1-2H3. The van der Waals surface area contributed by atoms with Crippen LogP contribution in [0.15, 0.2) is 60.7 Å². The number of fused-ring (bicyclic) bond motifs is 1. The number of ether oxygens (including phenoxy) is 1. The first-order valence-corrected chi connectivity index (χ1v) is 6.43. The van der Waals surface area contributed by atoms with Gasteiger partial charge in [0.1, 0.15) is 5.75 Å². The van der Waals surface area contributed by atoms with Crippen LogP contribution in [-0.2, 0) is 0 Å². The van der Waals surface area contributed by atoms with Crippen molar-refractivity contribution in [3.8, 4) is 16.9 Å². The molecule has 0 saturated carbocycles. The molecule has 0 spiro atoms. The predicted molar refractivity (Wildman–Crippen MR) is 80.7 cm³/mol. The topological polar surface area (TPSA) is 9.23 Å². The van der Waals surface area contributed by atoms with E-state index in [1.807, 2.05) is 6.07 Å². The molecule has 0 fully saturated rings. The van der Waals surface area contributed by atoms with E-state index in [0.29, 0.717) is 0 Å². The maximum Gasteiger partial charge on any atom is 0.123 e. The first-order valence-electron chi connectivity index (χ1n) is 6.43. The Morgan fingerprint density at radius 1 is 0.842 bits per heavy atom.